The maximum Gasteiger partial charge on any atom is 0.243 e. The third-order valence-corrected chi connectivity index (χ3v) is 5.71. The number of nitrogens with zero attached hydrogens (tertiary/aromatic N) is 2. The minimum absolute atomic E-state index is 0.0518. The number of aromatic nitrogens is 2. The highest BCUT2D eigenvalue weighted by molar-refractivity contribution is 5.16. The Balaban J connectivity index is 1.61. The van der Waals surface area contributed by atoms with E-state index in [1.165, 1.54) is 38.5 Å². The fourth-order valence-electron chi connectivity index (χ4n) is 5.25. The van der Waals surface area contributed by atoms with Crippen LogP contribution in [0, 0.1) is 17.8 Å². The Morgan fingerprint density at radius 2 is 1.80 bits per heavy atom. The summed E-state index contributed by atoms with van der Waals surface area (Å²) in [6.45, 7) is 0.0518. The van der Waals surface area contributed by atoms with Crippen molar-refractivity contribution in [1.82, 2.24) is 10.1 Å². The van der Waals surface area contributed by atoms with Crippen molar-refractivity contribution in [2.45, 2.75) is 56.4 Å². The van der Waals surface area contributed by atoms with E-state index in [0.29, 0.717) is 12.3 Å². The monoisotopic (exact) mass is 277 g/mol. The Morgan fingerprint density at radius 3 is 2.35 bits per heavy atom. The Hall–Kier alpha value is -0.940. The van der Waals surface area contributed by atoms with Crippen molar-refractivity contribution in [1.29, 1.82) is 0 Å². The van der Waals surface area contributed by atoms with E-state index in [-0.39, 0.29) is 18.1 Å². The van der Waals surface area contributed by atoms with Gasteiger partial charge in [-0.3, -0.25) is 0 Å². The van der Waals surface area contributed by atoms with Gasteiger partial charge in [-0.05, 0) is 62.7 Å². The number of nitrogens with two attached hydrogens (primary N) is 1. The number of rotatable bonds is 4. The van der Waals surface area contributed by atoms with Crippen LogP contribution in [0.5, 0.6) is 0 Å². The summed E-state index contributed by atoms with van der Waals surface area (Å²) in [7, 11) is 0. The summed E-state index contributed by atoms with van der Waals surface area (Å²) in [6.07, 6.45) is 8.39. The molecule has 1 unspecified atom stereocenters. The Morgan fingerprint density at radius 1 is 1.20 bits per heavy atom. The molecule has 1 aromatic heterocycles. The second kappa shape index (κ2) is 4.53. The zero-order valence-corrected chi connectivity index (χ0v) is 11.8. The molecule has 5 rings (SSSR count). The van der Waals surface area contributed by atoms with Gasteiger partial charge in [0.1, 0.15) is 0 Å². The molecule has 4 saturated carbocycles. The maximum absolute atomic E-state index is 8.96. The molecule has 4 aliphatic carbocycles. The van der Waals surface area contributed by atoms with Crippen molar-refractivity contribution in [3.05, 3.63) is 11.7 Å². The number of aliphatic hydroxyl groups excluding tert-OH is 1. The number of hydrogen-bond acceptors (Lipinski definition) is 5. The van der Waals surface area contributed by atoms with Gasteiger partial charge in [-0.25, -0.2) is 0 Å². The molecular formula is C15H23N3O2. The van der Waals surface area contributed by atoms with Gasteiger partial charge < -0.3 is 15.4 Å². The molecule has 4 aliphatic rings. The first kappa shape index (κ1) is 12.8. The smallest absolute Gasteiger partial charge is 0.243 e. The van der Waals surface area contributed by atoms with Crippen LogP contribution in [0.2, 0.25) is 0 Å². The van der Waals surface area contributed by atoms with Gasteiger partial charge >= 0.3 is 0 Å². The Bertz CT molecular complexity index is 464. The van der Waals surface area contributed by atoms with Gasteiger partial charge in [-0.15, -0.1) is 0 Å². The summed E-state index contributed by atoms with van der Waals surface area (Å²) >= 11 is 0. The lowest BCUT2D eigenvalue weighted by Crippen LogP contribution is -2.49. The lowest BCUT2D eigenvalue weighted by molar-refractivity contribution is -0.0103. The van der Waals surface area contributed by atoms with Gasteiger partial charge in [-0.1, -0.05) is 5.16 Å². The molecule has 4 bridgehead atoms. The van der Waals surface area contributed by atoms with Crippen molar-refractivity contribution in [2.75, 3.05) is 6.61 Å². The predicted octanol–water partition coefficient (Wildman–Crippen LogP) is 1.92. The minimum atomic E-state index is -0.338. The van der Waals surface area contributed by atoms with Crippen LogP contribution in [0.4, 0.5) is 0 Å². The predicted molar refractivity (Wildman–Crippen MR) is 72.8 cm³/mol. The fraction of sp³-hybridized carbons (Fsp3) is 0.867. The van der Waals surface area contributed by atoms with Crippen LogP contribution >= 0.6 is 0 Å². The van der Waals surface area contributed by atoms with Gasteiger partial charge in [0.15, 0.2) is 5.82 Å². The first-order chi connectivity index (χ1) is 9.68. The van der Waals surface area contributed by atoms with Crippen molar-refractivity contribution in [3.8, 4) is 0 Å². The molecule has 3 N–H and O–H groups in total. The molecule has 5 heteroatoms. The second-order valence-corrected chi connectivity index (χ2v) is 7.27. The highest BCUT2D eigenvalue weighted by Crippen LogP contribution is 2.60. The summed E-state index contributed by atoms with van der Waals surface area (Å²) in [5.74, 6) is 3.99. The standard InChI is InChI=1S/C15H23N3O2/c16-12(1-2-19)13-17-14(18-20-13)15-6-9-3-10(7-15)5-11(4-9)8-15/h9-12,19H,1-8,16H2. The molecule has 5 nitrogen and oxygen atoms in total. The zero-order valence-electron chi connectivity index (χ0n) is 11.8. The third kappa shape index (κ3) is 1.91. The maximum atomic E-state index is 8.96. The van der Waals surface area contributed by atoms with Gasteiger partial charge in [0.25, 0.3) is 0 Å². The van der Waals surface area contributed by atoms with Crippen LogP contribution in [0.15, 0.2) is 4.52 Å². The van der Waals surface area contributed by atoms with E-state index >= 15 is 0 Å². The van der Waals surface area contributed by atoms with Crippen LogP contribution in [0.25, 0.3) is 0 Å². The van der Waals surface area contributed by atoms with Crippen molar-refractivity contribution in [2.24, 2.45) is 23.5 Å². The second-order valence-electron chi connectivity index (χ2n) is 7.27. The van der Waals surface area contributed by atoms with E-state index in [1.807, 2.05) is 0 Å². The minimum Gasteiger partial charge on any atom is -0.396 e. The van der Waals surface area contributed by atoms with Crippen LogP contribution in [0.1, 0.15) is 62.7 Å². The molecule has 4 fully saturated rings. The molecule has 0 aliphatic heterocycles. The molecule has 0 aromatic carbocycles. The number of hydrogen-bond donors (Lipinski definition) is 2. The Labute approximate surface area is 118 Å². The molecule has 1 heterocycles. The number of aliphatic hydroxyl groups is 1. The molecule has 0 amide bonds. The normalized spacial score (nSPS) is 40.2. The molecule has 0 saturated heterocycles. The quantitative estimate of drug-likeness (QED) is 0.878. The molecule has 1 atom stereocenters. The van der Waals surface area contributed by atoms with Gasteiger partial charge in [0.05, 0.1) is 6.04 Å². The molecule has 20 heavy (non-hydrogen) atoms. The van der Waals surface area contributed by atoms with Crippen LogP contribution in [0.3, 0.4) is 0 Å². The lowest BCUT2D eigenvalue weighted by atomic mass is 9.49. The van der Waals surface area contributed by atoms with Crippen LogP contribution < -0.4 is 5.73 Å². The SMILES string of the molecule is NC(CCO)c1nc(C23CC4CC(CC(C4)C2)C3)no1. The van der Waals surface area contributed by atoms with Crippen LogP contribution in [-0.4, -0.2) is 21.9 Å². The van der Waals surface area contributed by atoms with Gasteiger partial charge in [0.2, 0.25) is 5.89 Å². The van der Waals surface area contributed by atoms with Gasteiger partial charge in [0, 0.05) is 12.0 Å². The third-order valence-electron chi connectivity index (χ3n) is 5.71. The highest BCUT2D eigenvalue weighted by Gasteiger charge is 2.53. The van der Waals surface area contributed by atoms with Crippen LogP contribution in [-0.2, 0) is 5.41 Å². The summed E-state index contributed by atoms with van der Waals surface area (Å²) in [6, 6.07) is -0.338. The average molecular weight is 277 g/mol. The van der Waals surface area contributed by atoms with Crippen molar-refractivity contribution >= 4 is 0 Å². The van der Waals surface area contributed by atoms with Crippen molar-refractivity contribution in [3.63, 3.8) is 0 Å². The molecule has 1 aromatic rings. The van der Waals surface area contributed by atoms with E-state index < -0.39 is 0 Å². The molecule has 0 radical (unpaired) electrons. The zero-order chi connectivity index (χ0) is 13.7. The largest absolute Gasteiger partial charge is 0.396 e. The summed E-state index contributed by atoms with van der Waals surface area (Å²) in [4.78, 5) is 4.60. The highest BCUT2D eigenvalue weighted by atomic mass is 16.5. The first-order valence-electron chi connectivity index (χ1n) is 7.89. The summed E-state index contributed by atoms with van der Waals surface area (Å²) in [5, 5.41) is 13.2. The lowest BCUT2D eigenvalue weighted by Gasteiger charge is -2.55. The topological polar surface area (TPSA) is 85.2 Å². The van der Waals surface area contributed by atoms with E-state index in [9.17, 15) is 0 Å². The Kier molecular flexibility index (Phi) is 2.89. The average Bonchev–Trinajstić information content (AvgIpc) is 2.87. The van der Waals surface area contributed by atoms with Gasteiger partial charge in [-0.2, -0.15) is 4.98 Å². The van der Waals surface area contributed by atoms with E-state index in [4.69, 9.17) is 15.4 Å². The summed E-state index contributed by atoms with van der Waals surface area (Å²) < 4.78 is 5.37. The first-order valence-corrected chi connectivity index (χ1v) is 7.89. The van der Waals surface area contributed by atoms with E-state index in [0.717, 1.165) is 23.6 Å². The molecule has 0 spiro atoms. The summed E-state index contributed by atoms with van der Waals surface area (Å²) in [5.41, 5.74) is 6.12. The molecular weight excluding hydrogens is 254 g/mol. The van der Waals surface area contributed by atoms with E-state index in [1.54, 1.807) is 0 Å². The molecule has 110 valence electrons. The van der Waals surface area contributed by atoms with Crippen molar-refractivity contribution < 1.29 is 9.63 Å². The fourth-order valence-corrected chi connectivity index (χ4v) is 5.25. The van der Waals surface area contributed by atoms with E-state index in [2.05, 4.69) is 10.1 Å².